The minimum Gasteiger partial charge on any atom is -0.0866 e. The monoisotopic (exact) mass is 548 g/mol. The van der Waals surface area contributed by atoms with Crippen molar-refractivity contribution in [1.82, 2.24) is 0 Å². The Hall–Kier alpha value is -2.86. The first-order valence-electron chi connectivity index (χ1n) is 12.4. The lowest BCUT2D eigenvalue weighted by atomic mass is 10.1. The molecule has 0 N–H and O–H groups in total. The Labute approximate surface area is 229 Å². The highest BCUT2D eigenvalue weighted by molar-refractivity contribution is 8.27. The van der Waals surface area contributed by atoms with Gasteiger partial charge >= 0.3 is 0 Å². The van der Waals surface area contributed by atoms with Crippen LogP contribution in [-0.4, -0.2) is 0 Å². The van der Waals surface area contributed by atoms with Crippen molar-refractivity contribution in [2.45, 2.75) is 5.66 Å². The molecule has 5 aromatic rings. The molecule has 0 saturated heterocycles. The van der Waals surface area contributed by atoms with Crippen molar-refractivity contribution in [2.75, 3.05) is 0 Å². The lowest BCUT2D eigenvalue weighted by Gasteiger charge is -2.29. The second-order valence-electron chi connectivity index (χ2n) is 9.19. The molecule has 1 unspecified atom stereocenters. The molecule has 0 radical (unpaired) electrons. The molecule has 0 aliphatic heterocycles. The van der Waals surface area contributed by atoms with Gasteiger partial charge in [0.15, 0.2) is 0 Å². The summed E-state index contributed by atoms with van der Waals surface area (Å²) in [6.45, 7) is 0. The maximum absolute atomic E-state index is 6.82. The number of hydrogen-bond donors (Lipinski definition) is 0. The standard InChI is InChI=1S/C33H26P2S2/c36-34(26-15-5-1-6-16-26,27-17-7-2-8-18-27)32-25-33(31-24-14-13-23-30(31)32)35(37,28-19-9-3-10-20-28)29-21-11-4-12-22-29/h1-25,32H. The molecule has 0 saturated carbocycles. The van der Waals surface area contributed by atoms with Gasteiger partial charge < -0.3 is 0 Å². The van der Waals surface area contributed by atoms with E-state index in [0.717, 1.165) is 0 Å². The van der Waals surface area contributed by atoms with Crippen LogP contribution in [-0.2, 0) is 23.6 Å². The number of allylic oxidation sites excluding steroid dienone is 1. The first-order chi connectivity index (χ1) is 18.1. The molecule has 1 atom stereocenters. The lowest BCUT2D eigenvalue weighted by Crippen LogP contribution is -2.19. The van der Waals surface area contributed by atoms with E-state index in [-0.39, 0.29) is 5.66 Å². The van der Waals surface area contributed by atoms with Gasteiger partial charge in [-0.15, -0.1) is 0 Å². The van der Waals surface area contributed by atoms with Gasteiger partial charge in [-0.25, -0.2) is 0 Å². The van der Waals surface area contributed by atoms with Crippen LogP contribution in [0.15, 0.2) is 152 Å². The third-order valence-electron chi connectivity index (χ3n) is 7.12. The van der Waals surface area contributed by atoms with Gasteiger partial charge in [0.1, 0.15) is 0 Å². The average Bonchev–Trinajstić information content (AvgIpc) is 3.39. The maximum Gasteiger partial charge on any atom is 0.0403 e. The topological polar surface area (TPSA) is 0 Å². The third kappa shape index (κ3) is 4.14. The van der Waals surface area contributed by atoms with Gasteiger partial charge in [-0.2, -0.15) is 0 Å². The van der Waals surface area contributed by atoms with E-state index in [1.165, 1.54) is 37.7 Å². The molecule has 4 heteroatoms. The number of fused-ring (bicyclic) bond motifs is 1. The van der Waals surface area contributed by atoms with Crippen LogP contribution < -0.4 is 21.2 Å². The molecule has 37 heavy (non-hydrogen) atoms. The largest absolute Gasteiger partial charge is 0.0866 e. The second-order valence-corrected chi connectivity index (χ2v) is 18.2. The van der Waals surface area contributed by atoms with Gasteiger partial charge in [0, 0.05) is 17.7 Å². The molecular formula is C33H26P2S2. The zero-order valence-electron chi connectivity index (χ0n) is 20.2. The Bertz CT molecular complexity index is 1570. The van der Waals surface area contributed by atoms with Gasteiger partial charge in [-0.3, -0.25) is 0 Å². The van der Waals surface area contributed by atoms with Crippen molar-refractivity contribution >= 4 is 62.2 Å². The fraction of sp³-hybridized carbons (Fsp3) is 0.0303. The summed E-state index contributed by atoms with van der Waals surface area (Å²) in [6, 6.07) is 47.1. The van der Waals surface area contributed by atoms with Crippen molar-refractivity contribution < 1.29 is 0 Å². The Morgan fingerprint density at radius 1 is 0.432 bits per heavy atom. The Morgan fingerprint density at radius 3 is 1.27 bits per heavy atom. The van der Waals surface area contributed by atoms with E-state index in [1.54, 1.807) is 0 Å². The average molecular weight is 549 g/mol. The molecule has 6 rings (SSSR count). The van der Waals surface area contributed by atoms with Gasteiger partial charge in [0.25, 0.3) is 0 Å². The van der Waals surface area contributed by atoms with E-state index >= 15 is 0 Å². The van der Waals surface area contributed by atoms with Crippen LogP contribution in [0, 0.1) is 0 Å². The SMILES string of the molecule is S=P(C1=CC(P(=S)(c2ccccc2)c2ccccc2)c2ccccc21)(c1ccccc1)c1ccccc1. The summed E-state index contributed by atoms with van der Waals surface area (Å²) >= 11 is 13.6. The van der Waals surface area contributed by atoms with Crippen LogP contribution >= 0.6 is 12.1 Å². The number of hydrogen-bond acceptors (Lipinski definition) is 2. The molecule has 5 aromatic carbocycles. The molecule has 1 aliphatic carbocycles. The number of rotatable bonds is 6. The highest BCUT2D eigenvalue weighted by Gasteiger charge is 2.41. The van der Waals surface area contributed by atoms with E-state index in [4.69, 9.17) is 23.6 Å². The van der Waals surface area contributed by atoms with E-state index in [2.05, 4.69) is 152 Å². The Balaban J connectivity index is 1.65. The van der Waals surface area contributed by atoms with Crippen LogP contribution in [0.5, 0.6) is 0 Å². The predicted molar refractivity (Wildman–Crippen MR) is 170 cm³/mol. The van der Waals surface area contributed by atoms with Crippen molar-refractivity contribution in [3.05, 3.63) is 163 Å². The van der Waals surface area contributed by atoms with Gasteiger partial charge in [0.05, 0.1) is 0 Å². The molecule has 180 valence electrons. The second kappa shape index (κ2) is 10.1. The Kier molecular flexibility index (Phi) is 6.70. The van der Waals surface area contributed by atoms with E-state index in [1.807, 2.05) is 0 Å². The van der Waals surface area contributed by atoms with Gasteiger partial charge in [-0.05, 0) is 37.7 Å². The minimum atomic E-state index is -2.33. The molecule has 1 aliphatic rings. The fourth-order valence-corrected chi connectivity index (χ4v) is 14.0. The summed E-state index contributed by atoms with van der Waals surface area (Å²) in [5.41, 5.74) is 2.63. The summed E-state index contributed by atoms with van der Waals surface area (Å²) < 4.78 is 0. The normalized spacial score (nSPS) is 15.1. The highest BCUT2D eigenvalue weighted by atomic mass is 32.4. The van der Waals surface area contributed by atoms with E-state index < -0.39 is 12.1 Å². The molecule has 0 nitrogen and oxygen atoms in total. The van der Waals surface area contributed by atoms with Crippen LogP contribution in [0.25, 0.3) is 5.31 Å². The van der Waals surface area contributed by atoms with E-state index in [9.17, 15) is 0 Å². The fourth-order valence-electron chi connectivity index (χ4n) is 5.36. The van der Waals surface area contributed by atoms with Gasteiger partial charge in [0.2, 0.25) is 0 Å². The van der Waals surface area contributed by atoms with Crippen LogP contribution in [0.2, 0.25) is 0 Å². The quantitative estimate of drug-likeness (QED) is 0.204. The summed E-state index contributed by atoms with van der Waals surface area (Å²) in [5, 5.41) is 6.17. The van der Waals surface area contributed by atoms with Crippen LogP contribution in [0.4, 0.5) is 0 Å². The van der Waals surface area contributed by atoms with Crippen molar-refractivity contribution in [1.29, 1.82) is 0 Å². The zero-order chi connectivity index (χ0) is 25.3. The summed E-state index contributed by atoms with van der Waals surface area (Å²) in [6.07, 6.45) is 2.46. The summed E-state index contributed by atoms with van der Waals surface area (Å²) in [5.74, 6) is 0. The van der Waals surface area contributed by atoms with Crippen LogP contribution in [0.3, 0.4) is 0 Å². The molecule has 0 amide bonds. The minimum absolute atomic E-state index is 0.0771. The molecule has 0 fully saturated rings. The van der Waals surface area contributed by atoms with Crippen LogP contribution in [0.1, 0.15) is 16.8 Å². The highest BCUT2D eigenvalue weighted by Crippen LogP contribution is 2.68. The molecule has 0 heterocycles. The first kappa shape index (κ1) is 24.5. The number of benzene rings is 5. The first-order valence-corrected chi connectivity index (χ1v) is 18.0. The van der Waals surface area contributed by atoms with E-state index in [0.29, 0.717) is 0 Å². The maximum atomic E-state index is 6.82. The molecular weight excluding hydrogens is 522 g/mol. The smallest absolute Gasteiger partial charge is 0.0403 e. The van der Waals surface area contributed by atoms with Crippen molar-refractivity contribution in [3.8, 4) is 0 Å². The van der Waals surface area contributed by atoms with Gasteiger partial charge in [-0.1, -0.05) is 175 Å². The third-order valence-corrected chi connectivity index (χ3v) is 17.4. The molecule has 0 aromatic heterocycles. The predicted octanol–water partition coefficient (Wildman–Crippen LogP) is 7.34. The van der Waals surface area contributed by atoms with Crippen molar-refractivity contribution in [3.63, 3.8) is 0 Å². The molecule has 0 bridgehead atoms. The molecule has 0 spiro atoms. The zero-order valence-corrected chi connectivity index (χ0v) is 23.6. The van der Waals surface area contributed by atoms with Crippen molar-refractivity contribution in [2.24, 2.45) is 0 Å². The summed E-state index contributed by atoms with van der Waals surface area (Å²) in [4.78, 5) is 0. The Morgan fingerprint density at radius 2 is 0.811 bits per heavy atom. The summed E-state index contributed by atoms with van der Waals surface area (Å²) in [7, 11) is 0. The lowest BCUT2D eigenvalue weighted by molar-refractivity contribution is 1.25.